The summed E-state index contributed by atoms with van der Waals surface area (Å²) in [6, 6.07) is 11.0. The predicted molar refractivity (Wildman–Crippen MR) is 105 cm³/mol. The summed E-state index contributed by atoms with van der Waals surface area (Å²) < 4.78 is 2.40. The fraction of sp³-hybridized carbons (Fsp3) is 0.636. The molecule has 2 aliphatic rings. The molecule has 0 spiro atoms. The number of fused-ring (bicyclic) bond motifs is 1. The van der Waals surface area contributed by atoms with Crippen LogP contribution in [0.15, 0.2) is 30.3 Å². The van der Waals surface area contributed by atoms with E-state index >= 15 is 0 Å². The van der Waals surface area contributed by atoms with Gasteiger partial charge in [0.05, 0.1) is 0 Å². The minimum Gasteiger partial charge on any atom is -0.315 e. The highest BCUT2D eigenvalue weighted by Gasteiger charge is 2.20. The summed E-state index contributed by atoms with van der Waals surface area (Å²) in [6.07, 6.45) is 11.2. The molecule has 3 heterocycles. The standard InChI is InChI=1S/C22H32N4/c1-3-8-19(9-4-1)18-20-12-16-25(17-13-20)14-7-11-22-24-23-21-10-5-2-6-15-26(21)22/h1,3-4,8-9,20H,2,5-7,10-18H2. The molecule has 0 aliphatic carbocycles. The maximum atomic E-state index is 4.48. The van der Waals surface area contributed by atoms with E-state index in [1.165, 1.54) is 81.8 Å². The van der Waals surface area contributed by atoms with Crippen LogP contribution >= 0.6 is 0 Å². The Bertz CT molecular complexity index is 671. The molecule has 2 aliphatic heterocycles. The van der Waals surface area contributed by atoms with Crippen LogP contribution in [0.2, 0.25) is 0 Å². The van der Waals surface area contributed by atoms with E-state index in [1.807, 2.05) is 0 Å². The van der Waals surface area contributed by atoms with Crippen LogP contribution in [0.25, 0.3) is 0 Å². The average molecular weight is 353 g/mol. The van der Waals surface area contributed by atoms with Crippen LogP contribution in [0.3, 0.4) is 0 Å². The SMILES string of the molecule is c1ccc(CC2CCN(CCCc3nnc4n3CCCCC4)CC2)cc1. The van der Waals surface area contributed by atoms with Crippen LogP contribution in [0.4, 0.5) is 0 Å². The number of rotatable bonds is 6. The zero-order valence-electron chi connectivity index (χ0n) is 15.9. The molecule has 0 N–H and O–H groups in total. The number of likely N-dealkylation sites (tertiary alicyclic amines) is 1. The third kappa shape index (κ3) is 4.53. The summed E-state index contributed by atoms with van der Waals surface area (Å²) in [5.41, 5.74) is 1.50. The lowest BCUT2D eigenvalue weighted by Gasteiger charge is -2.32. The Kier molecular flexibility index (Phi) is 6.00. The van der Waals surface area contributed by atoms with Crippen molar-refractivity contribution in [2.24, 2.45) is 5.92 Å². The van der Waals surface area contributed by atoms with Gasteiger partial charge in [-0.15, -0.1) is 10.2 Å². The first-order valence-corrected chi connectivity index (χ1v) is 10.6. The number of hydrogen-bond donors (Lipinski definition) is 0. The van der Waals surface area contributed by atoms with Crippen molar-refractivity contribution in [1.29, 1.82) is 0 Å². The molecule has 0 bridgehead atoms. The van der Waals surface area contributed by atoms with E-state index in [9.17, 15) is 0 Å². The third-order valence-electron chi connectivity index (χ3n) is 6.14. The Morgan fingerprint density at radius 1 is 0.923 bits per heavy atom. The molecule has 1 fully saturated rings. The lowest BCUT2D eigenvalue weighted by Crippen LogP contribution is -2.35. The molecule has 1 aromatic carbocycles. The highest BCUT2D eigenvalue weighted by molar-refractivity contribution is 5.15. The highest BCUT2D eigenvalue weighted by atomic mass is 15.3. The predicted octanol–water partition coefficient (Wildman–Crippen LogP) is 3.89. The molecule has 4 rings (SSSR count). The van der Waals surface area contributed by atoms with Crippen molar-refractivity contribution >= 4 is 0 Å². The number of benzene rings is 1. The Morgan fingerprint density at radius 2 is 1.77 bits per heavy atom. The normalized spacial score (nSPS) is 19.2. The summed E-state index contributed by atoms with van der Waals surface area (Å²) in [5.74, 6) is 3.31. The largest absolute Gasteiger partial charge is 0.315 e. The Hall–Kier alpha value is -1.68. The van der Waals surface area contributed by atoms with Crippen molar-refractivity contribution in [3.63, 3.8) is 0 Å². The molecule has 1 saturated heterocycles. The van der Waals surface area contributed by atoms with Gasteiger partial charge in [-0.1, -0.05) is 36.8 Å². The lowest BCUT2D eigenvalue weighted by atomic mass is 9.90. The molecule has 0 saturated carbocycles. The van der Waals surface area contributed by atoms with Crippen LogP contribution < -0.4 is 0 Å². The molecule has 0 atom stereocenters. The summed E-state index contributed by atoms with van der Waals surface area (Å²) in [4.78, 5) is 2.65. The van der Waals surface area contributed by atoms with Gasteiger partial charge in [-0.3, -0.25) is 0 Å². The molecule has 140 valence electrons. The van der Waals surface area contributed by atoms with E-state index in [1.54, 1.807) is 0 Å². The van der Waals surface area contributed by atoms with Gasteiger partial charge in [-0.2, -0.15) is 0 Å². The van der Waals surface area contributed by atoms with Gasteiger partial charge in [0.2, 0.25) is 0 Å². The van der Waals surface area contributed by atoms with Crippen LogP contribution in [-0.4, -0.2) is 39.3 Å². The van der Waals surface area contributed by atoms with Crippen LogP contribution in [-0.2, 0) is 25.8 Å². The molecule has 26 heavy (non-hydrogen) atoms. The maximum absolute atomic E-state index is 4.48. The van der Waals surface area contributed by atoms with Gasteiger partial charge >= 0.3 is 0 Å². The van der Waals surface area contributed by atoms with Crippen LogP contribution in [0.1, 0.15) is 55.7 Å². The average Bonchev–Trinajstić information content (AvgIpc) is 2.90. The Labute approximate surface area is 157 Å². The van der Waals surface area contributed by atoms with E-state index in [0.29, 0.717) is 0 Å². The monoisotopic (exact) mass is 352 g/mol. The van der Waals surface area contributed by atoms with Crippen molar-refractivity contribution < 1.29 is 0 Å². The van der Waals surface area contributed by atoms with E-state index in [0.717, 1.165) is 25.3 Å². The van der Waals surface area contributed by atoms with Crippen molar-refractivity contribution in [3.05, 3.63) is 47.5 Å². The quantitative estimate of drug-likeness (QED) is 0.791. The van der Waals surface area contributed by atoms with E-state index in [4.69, 9.17) is 0 Å². The van der Waals surface area contributed by atoms with Crippen molar-refractivity contribution in [3.8, 4) is 0 Å². The van der Waals surface area contributed by atoms with Crippen molar-refractivity contribution in [1.82, 2.24) is 19.7 Å². The fourth-order valence-electron chi connectivity index (χ4n) is 4.55. The number of piperidine rings is 1. The van der Waals surface area contributed by atoms with Crippen molar-refractivity contribution in [2.45, 2.75) is 64.3 Å². The summed E-state index contributed by atoms with van der Waals surface area (Å²) in [6.45, 7) is 4.85. The van der Waals surface area contributed by atoms with Gasteiger partial charge in [0.25, 0.3) is 0 Å². The topological polar surface area (TPSA) is 34.0 Å². The first kappa shape index (κ1) is 17.7. The van der Waals surface area contributed by atoms with Gasteiger partial charge in [0.15, 0.2) is 0 Å². The molecule has 2 aromatic rings. The maximum Gasteiger partial charge on any atom is 0.133 e. The number of aryl methyl sites for hydroxylation is 2. The summed E-state index contributed by atoms with van der Waals surface area (Å²) >= 11 is 0. The van der Waals surface area contributed by atoms with Gasteiger partial charge in [0, 0.05) is 19.4 Å². The second kappa shape index (κ2) is 8.81. The Balaban J connectivity index is 1.19. The molecular formula is C22H32N4. The summed E-state index contributed by atoms with van der Waals surface area (Å²) in [5, 5.41) is 8.91. The van der Waals surface area contributed by atoms with Gasteiger partial charge in [-0.05, 0) is 69.6 Å². The smallest absolute Gasteiger partial charge is 0.133 e. The zero-order chi connectivity index (χ0) is 17.6. The van der Waals surface area contributed by atoms with Gasteiger partial charge in [0.1, 0.15) is 11.6 Å². The fourth-order valence-corrected chi connectivity index (χ4v) is 4.55. The Morgan fingerprint density at radius 3 is 2.62 bits per heavy atom. The molecule has 0 unspecified atom stereocenters. The molecule has 4 heteroatoms. The third-order valence-corrected chi connectivity index (χ3v) is 6.14. The second-order valence-electron chi connectivity index (χ2n) is 8.07. The number of hydrogen-bond acceptors (Lipinski definition) is 3. The van der Waals surface area contributed by atoms with Crippen molar-refractivity contribution in [2.75, 3.05) is 19.6 Å². The van der Waals surface area contributed by atoms with E-state index < -0.39 is 0 Å². The van der Waals surface area contributed by atoms with E-state index in [2.05, 4.69) is 50.0 Å². The molecule has 0 amide bonds. The summed E-state index contributed by atoms with van der Waals surface area (Å²) in [7, 11) is 0. The van der Waals surface area contributed by atoms with E-state index in [-0.39, 0.29) is 0 Å². The highest BCUT2D eigenvalue weighted by Crippen LogP contribution is 2.22. The zero-order valence-corrected chi connectivity index (χ0v) is 15.9. The lowest BCUT2D eigenvalue weighted by molar-refractivity contribution is 0.182. The van der Waals surface area contributed by atoms with Gasteiger partial charge < -0.3 is 9.47 Å². The molecule has 1 aromatic heterocycles. The minimum absolute atomic E-state index is 0.862. The second-order valence-corrected chi connectivity index (χ2v) is 8.07. The first-order valence-electron chi connectivity index (χ1n) is 10.6. The van der Waals surface area contributed by atoms with Crippen LogP contribution in [0, 0.1) is 5.92 Å². The number of aromatic nitrogens is 3. The minimum atomic E-state index is 0.862. The molecule has 0 radical (unpaired) electrons. The molecular weight excluding hydrogens is 320 g/mol. The number of nitrogens with zero attached hydrogens (tertiary/aromatic N) is 4. The van der Waals surface area contributed by atoms with Gasteiger partial charge in [-0.25, -0.2) is 0 Å². The van der Waals surface area contributed by atoms with Crippen LogP contribution in [0.5, 0.6) is 0 Å². The molecule has 4 nitrogen and oxygen atoms in total. The first-order chi connectivity index (χ1) is 12.9.